The first-order valence-corrected chi connectivity index (χ1v) is 8.68. The largest absolute Gasteiger partial charge is 0.492 e. The number of aryl methyl sites for hydroxylation is 2. The third-order valence-electron chi connectivity index (χ3n) is 3.64. The van der Waals surface area contributed by atoms with Gasteiger partial charge in [-0.3, -0.25) is 0 Å². The smallest absolute Gasteiger partial charge is 0.216 e. The van der Waals surface area contributed by atoms with Gasteiger partial charge in [0, 0.05) is 18.6 Å². The minimum absolute atomic E-state index is 0.402. The highest BCUT2D eigenvalue weighted by Gasteiger charge is 2.08. The molecule has 0 unspecified atom stereocenters. The number of hydrogen-bond acceptors (Lipinski definition) is 4. The number of hydrogen-bond donors (Lipinski definition) is 1. The van der Waals surface area contributed by atoms with Gasteiger partial charge in [-0.15, -0.1) is 0 Å². The summed E-state index contributed by atoms with van der Waals surface area (Å²) < 4.78 is 11.3. The molecule has 0 bridgehead atoms. The Hall–Kier alpha value is -2.21. The van der Waals surface area contributed by atoms with Gasteiger partial charge in [-0.1, -0.05) is 11.6 Å². The van der Waals surface area contributed by atoms with Gasteiger partial charge in [0.1, 0.15) is 24.7 Å². The summed E-state index contributed by atoms with van der Waals surface area (Å²) in [5, 5.41) is 3.96. The van der Waals surface area contributed by atoms with E-state index < -0.39 is 0 Å². The van der Waals surface area contributed by atoms with Crippen molar-refractivity contribution in [1.82, 2.24) is 15.2 Å². The van der Waals surface area contributed by atoms with E-state index in [1.807, 2.05) is 57.0 Å². The van der Waals surface area contributed by atoms with E-state index in [1.54, 1.807) is 0 Å². The van der Waals surface area contributed by atoms with Gasteiger partial charge in [0.2, 0.25) is 5.89 Å². The van der Waals surface area contributed by atoms with E-state index in [0.717, 1.165) is 29.7 Å². The van der Waals surface area contributed by atoms with E-state index >= 15 is 0 Å². The number of aromatic nitrogens is 1. The molecule has 7 heteroatoms. The third kappa shape index (κ3) is 5.98. The number of oxazole rings is 1. The predicted octanol–water partition coefficient (Wildman–Crippen LogP) is 3.42. The number of nitrogens with zero attached hydrogens (tertiary/aromatic N) is 3. The van der Waals surface area contributed by atoms with Crippen molar-refractivity contribution in [1.29, 1.82) is 0 Å². The molecule has 0 saturated heterocycles. The summed E-state index contributed by atoms with van der Waals surface area (Å²) in [5.74, 6) is 3.04. The molecular weight excluding hydrogens is 340 g/mol. The van der Waals surface area contributed by atoms with Crippen LogP contribution in [-0.4, -0.2) is 42.6 Å². The van der Waals surface area contributed by atoms with E-state index in [2.05, 4.69) is 15.3 Å². The quantitative estimate of drug-likeness (QED) is 0.602. The Bertz CT molecular complexity index is 678. The number of likely N-dealkylation sites (N-methyl/N-ethyl adjacent to an activating group) is 1. The van der Waals surface area contributed by atoms with Crippen molar-refractivity contribution in [3.05, 3.63) is 46.6 Å². The molecule has 0 spiro atoms. The molecule has 0 atom stereocenters. The Morgan fingerprint density at radius 1 is 1.32 bits per heavy atom. The van der Waals surface area contributed by atoms with Gasteiger partial charge in [-0.2, -0.15) is 0 Å². The molecule has 25 heavy (non-hydrogen) atoms. The maximum atomic E-state index is 5.87. The van der Waals surface area contributed by atoms with Crippen molar-refractivity contribution >= 4 is 17.6 Å². The highest BCUT2D eigenvalue weighted by atomic mass is 35.5. The first kappa shape index (κ1) is 19.1. The van der Waals surface area contributed by atoms with E-state index in [9.17, 15) is 0 Å². The number of guanidine groups is 1. The van der Waals surface area contributed by atoms with Crippen LogP contribution >= 0.6 is 11.6 Å². The summed E-state index contributed by atoms with van der Waals surface area (Å²) >= 11 is 5.87. The van der Waals surface area contributed by atoms with Crippen molar-refractivity contribution in [3.8, 4) is 5.75 Å². The van der Waals surface area contributed by atoms with Crippen LogP contribution in [0.4, 0.5) is 0 Å². The van der Waals surface area contributed by atoms with Crippen LogP contribution in [0.3, 0.4) is 0 Å². The van der Waals surface area contributed by atoms with Crippen molar-refractivity contribution in [2.45, 2.75) is 27.3 Å². The summed E-state index contributed by atoms with van der Waals surface area (Å²) in [7, 11) is 1.97. The van der Waals surface area contributed by atoms with Crippen LogP contribution in [0.2, 0.25) is 5.02 Å². The monoisotopic (exact) mass is 364 g/mol. The predicted molar refractivity (Wildman–Crippen MR) is 100 cm³/mol. The molecule has 0 aliphatic rings. The third-order valence-corrected chi connectivity index (χ3v) is 3.89. The number of benzene rings is 1. The molecule has 0 radical (unpaired) electrons. The zero-order valence-corrected chi connectivity index (χ0v) is 15.9. The lowest BCUT2D eigenvalue weighted by molar-refractivity contribution is 0.281. The molecule has 0 aliphatic carbocycles. The van der Waals surface area contributed by atoms with Crippen molar-refractivity contribution in [2.24, 2.45) is 4.99 Å². The molecule has 2 rings (SSSR count). The maximum Gasteiger partial charge on any atom is 0.216 e. The molecule has 136 valence electrons. The molecule has 1 aromatic carbocycles. The fraction of sp³-hybridized carbons (Fsp3) is 0.444. The lowest BCUT2D eigenvalue weighted by Gasteiger charge is -2.22. The topological polar surface area (TPSA) is 62.9 Å². The molecule has 1 heterocycles. The minimum atomic E-state index is 0.402. The minimum Gasteiger partial charge on any atom is -0.492 e. The van der Waals surface area contributed by atoms with Crippen LogP contribution in [0.5, 0.6) is 5.75 Å². The van der Waals surface area contributed by atoms with Gasteiger partial charge in [-0.05, 0) is 45.0 Å². The average Bonchev–Trinajstić information content (AvgIpc) is 2.91. The first-order chi connectivity index (χ1) is 12.0. The molecule has 0 aliphatic heterocycles. The lowest BCUT2D eigenvalue weighted by atomic mass is 10.3. The zero-order valence-electron chi connectivity index (χ0n) is 15.2. The second-order valence-corrected chi connectivity index (χ2v) is 6.08. The van der Waals surface area contributed by atoms with E-state index in [0.29, 0.717) is 30.6 Å². The van der Waals surface area contributed by atoms with Crippen LogP contribution in [-0.2, 0) is 6.54 Å². The zero-order chi connectivity index (χ0) is 18.2. The maximum absolute atomic E-state index is 5.87. The van der Waals surface area contributed by atoms with Gasteiger partial charge in [-0.25, -0.2) is 9.98 Å². The van der Waals surface area contributed by atoms with E-state index in [1.165, 1.54) is 0 Å². The highest BCUT2D eigenvalue weighted by molar-refractivity contribution is 6.30. The van der Waals surface area contributed by atoms with E-state index in [-0.39, 0.29) is 0 Å². The van der Waals surface area contributed by atoms with Crippen molar-refractivity contribution in [2.75, 3.05) is 26.7 Å². The first-order valence-electron chi connectivity index (χ1n) is 8.30. The fourth-order valence-electron chi connectivity index (χ4n) is 2.16. The summed E-state index contributed by atoms with van der Waals surface area (Å²) in [5.41, 5.74) is 0.903. The fourth-order valence-corrected chi connectivity index (χ4v) is 2.28. The number of nitrogens with one attached hydrogen (secondary N) is 1. The van der Waals surface area contributed by atoms with Gasteiger partial charge in [0.25, 0.3) is 0 Å². The molecule has 0 fully saturated rings. The number of aliphatic imine (C=N–C) groups is 1. The van der Waals surface area contributed by atoms with Gasteiger partial charge in [0.05, 0.1) is 12.2 Å². The standard InChI is InChI=1S/C18H25ClN4O2/c1-5-20-18(21-12-17-22-13(2)14(3)25-17)23(4)10-11-24-16-8-6-15(19)7-9-16/h6-9H,5,10-12H2,1-4H3,(H,20,21). The van der Waals surface area contributed by atoms with Crippen LogP contribution in [0, 0.1) is 13.8 Å². The van der Waals surface area contributed by atoms with Gasteiger partial charge < -0.3 is 19.4 Å². The Morgan fingerprint density at radius 2 is 2.04 bits per heavy atom. The SMILES string of the molecule is CCNC(=NCc1nc(C)c(C)o1)N(C)CCOc1ccc(Cl)cc1. The second kappa shape index (κ2) is 9.32. The summed E-state index contributed by atoms with van der Waals surface area (Å²) in [6.07, 6.45) is 0. The highest BCUT2D eigenvalue weighted by Crippen LogP contribution is 2.15. The van der Waals surface area contributed by atoms with Gasteiger partial charge >= 0.3 is 0 Å². The number of halogens is 1. The molecule has 0 amide bonds. The van der Waals surface area contributed by atoms with Crippen LogP contribution < -0.4 is 10.1 Å². The van der Waals surface area contributed by atoms with Crippen LogP contribution in [0.15, 0.2) is 33.7 Å². The lowest BCUT2D eigenvalue weighted by Crippen LogP contribution is -2.40. The summed E-state index contributed by atoms with van der Waals surface area (Å²) in [6, 6.07) is 7.34. The Kier molecular flexibility index (Phi) is 7.13. The molecule has 0 saturated carbocycles. The van der Waals surface area contributed by atoms with E-state index in [4.69, 9.17) is 20.8 Å². The molecule has 1 N–H and O–H groups in total. The average molecular weight is 365 g/mol. The van der Waals surface area contributed by atoms with Gasteiger partial charge in [0.15, 0.2) is 5.96 Å². The van der Waals surface area contributed by atoms with Crippen LogP contribution in [0.25, 0.3) is 0 Å². The summed E-state index contributed by atoms with van der Waals surface area (Å²) in [4.78, 5) is 10.9. The normalized spacial score (nSPS) is 11.5. The van der Waals surface area contributed by atoms with Crippen molar-refractivity contribution in [3.63, 3.8) is 0 Å². The number of rotatable bonds is 7. The number of ether oxygens (including phenoxy) is 1. The Morgan fingerprint density at radius 3 is 2.64 bits per heavy atom. The second-order valence-electron chi connectivity index (χ2n) is 5.64. The Balaban J connectivity index is 1.88. The van der Waals surface area contributed by atoms with Crippen LogP contribution in [0.1, 0.15) is 24.3 Å². The molecule has 6 nitrogen and oxygen atoms in total. The van der Waals surface area contributed by atoms with Crippen molar-refractivity contribution < 1.29 is 9.15 Å². The molecule has 2 aromatic rings. The molecular formula is C18H25ClN4O2. The summed E-state index contributed by atoms with van der Waals surface area (Å²) in [6.45, 7) is 8.29. The molecule has 1 aromatic heterocycles. The Labute approximate surface area is 153 Å².